The summed E-state index contributed by atoms with van der Waals surface area (Å²) in [5.74, 6) is -1.07. The van der Waals surface area contributed by atoms with E-state index < -0.39 is 33.8 Å². The predicted octanol–water partition coefficient (Wildman–Crippen LogP) is -0.516. The van der Waals surface area contributed by atoms with Gasteiger partial charge in [0.2, 0.25) is 10.4 Å². The number of quaternary nitrogens is 1. The number of nitrogen functional groups attached to an aromatic ring is 1. The Morgan fingerprint density at radius 3 is 2.73 bits per heavy atom. The van der Waals surface area contributed by atoms with Crippen molar-refractivity contribution in [1.29, 1.82) is 0 Å². The highest BCUT2D eigenvalue weighted by Gasteiger charge is 2.57. The molecule has 0 saturated carbocycles. The summed E-state index contributed by atoms with van der Waals surface area (Å²) in [6.07, 6.45) is 0.927. The molecule has 224 valence electrons. The van der Waals surface area contributed by atoms with Gasteiger partial charge in [0.25, 0.3) is 11.8 Å². The smallest absolute Gasteiger partial charge is 0.276 e. The molecule has 2 aliphatic heterocycles. The van der Waals surface area contributed by atoms with Crippen LogP contribution < -0.4 is 21.5 Å². The SMILES string of the molecule is CC1(C)[C@H](NC(=O)/C(=N\OCCOc2ccc3c(c2)CC[N+](C)(CCN)C3)c2csc(N)n2)C(=O)N1OS(=O)(=O)[O-]. The fraction of sp³-hybridized carbons (Fsp3) is 0.500. The first-order valence-electron chi connectivity index (χ1n) is 12.7. The number of aromatic nitrogens is 1. The standard InChI is InChI=1S/C24H33N7O8S2/c1-24(2)20(22(33)30(24)39-41(34,35)36)28-21(32)19(18-14-40-23(26)27-18)29-38-11-10-37-17-5-4-16-13-31(3,9-7-25)8-6-15(16)12-17/h4-5,12,14,20H,6-11,13,25H2,1-3H3,(H3-,26,27,28,32,34,35,36)/b29-19-/t20-,31?/m1/s1. The molecule has 17 heteroatoms. The lowest BCUT2D eigenvalue weighted by atomic mass is 9.84. The van der Waals surface area contributed by atoms with Crippen molar-refractivity contribution in [3.8, 4) is 5.75 Å². The summed E-state index contributed by atoms with van der Waals surface area (Å²) >= 11 is 1.07. The topological polar surface area (TPSA) is 212 Å². The van der Waals surface area contributed by atoms with Crippen LogP contribution >= 0.6 is 11.3 Å². The fourth-order valence-electron chi connectivity index (χ4n) is 4.79. The van der Waals surface area contributed by atoms with Crippen LogP contribution in [-0.4, -0.2) is 96.5 Å². The van der Waals surface area contributed by atoms with Crippen LogP contribution in [0.25, 0.3) is 0 Å². The Balaban J connectivity index is 1.36. The number of carbonyl (C=O) groups is 2. The van der Waals surface area contributed by atoms with E-state index in [0.29, 0.717) is 17.4 Å². The van der Waals surface area contributed by atoms with Crippen LogP contribution in [0.5, 0.6) is 5.75 Å². The van der Waals surface area contributed by atoms with E-state index in [1.807, 2.05) is 12.1 Å². The van der Waals surface area contributed by atoms with Gasteiger partial charge < -0.3 is 35.4 Å². The van der Waals surface area contributed by atoms with Crippen molar-refractivity contribution in [2.24, 2.45) is 10.9 Å². The van der Waals surface area contributed by atoms with Crippen LogP contribution in [0, 0.1) is 0 Å². The summed E-state index contributed by atoms with van der Waals surface area (Å²) in [6, 6.07) is 4.77. The van der Waals surface area contributed by atoms with Gasteiger partial charge >= 0.3 is 0 Å². The number of β-lactam (4-membered cyclic amide) rings is 1. The molecule has 2 aromatic rings. The van der Waals surface area contributed by atoms with Crippen molar-refractivity contribution in [3.63, 3.8) is 0 Å². The monoisotopic (exact) mass is 611 g/mol. The number of nitrogens with one attached hydrogen (secondary N) is 1. The molecule has 1 aromatic carbocycles. The minimum absolute atomic E-state index is 0.00419. The summed E-state index contributed by atoms with van der Waals surface area (Å²) < 4.78 is 43.7. The molecule has 1 unspecified atom stereocenters. The number of benzene rings is 1. The van der Waals surface area contributed by atoms with Crippen LogP contribution in [0.15, 0.2) is 28.7 Å². The molecule has 0 aliphatic carbocycles. The number of fused-ring (bicyclic) bond motifs is 1. The number of thiazole rings is 1. The molecule has 1 fully saturated rings. The Labute approximate surface area is 241 Å². The Hall–Kier alpha value is -3.35. The highest BCUT2D eigenvalue weighted by atomic mass is 32.3. The average molecular weight is 612 g/mol. The molecule has 2 atom stereocenters. The molecule has 0 radical (unpaired) electrons. The number of likely N-dealkylation sites (N-methyl/N-ethyl adjacent to an activating group) is 1. The maximum Gasteiger partial charge on any atom is 0.276 e. The van der Waals surface area contributed by atoms with Crippen LogP contribution in [0.3, 0.4) is 0 Å². The molecular weight excluding hydrogens is 578 g/mol. The van der Waals surface area contributed by atoms with E-state index in [0.717, 1.165) is 41.9 Å². The number of oxime groups is 1. The Bertz CT molecular complexity index is 1450. The second kappa shape index (κ2) is 11.9. The summed E-state index contributed by atoms with van der Waals surface area (Å²) in [5, 5.41) is 8.42. The van der Waals surface area contributed by atoms with Crippen LogP contribution in [0.2, 0.25) is 0 Å². The number of anilines is 1. The van der Waals surface area contributed by atoms with E-state index in [9.17, 15) is 22.6 Å². The van der Waals surface area contributed by atoms with Gasteiger partial charge in [-0.15, -0.1) is 11.3 Å². The number of ether oxygens (including phenoxy) is 1. The van der Waals surface area contributed by atoms with Crippen LogP contribution in [-0.2, 0) is 42.1 Å². The van der Waals surface area contributed by atoms with Gasteiger partial charge in [0, 0.05) is 23.9 Å². The van der Waals surface area contributed by atoms with Gasteiger partial charge in [0.05, 0.1) is 25.7 Å². The minimum atomic E-state index is -5.19. The van der Waals surface area contributed by atoms with E-state index in [1.54, 1.807) is 0 Å². The Morgan fingerprint density at radius 1 is 1.34 bits per heavy atom. The molecule has 0 spiro atoms. The lowest BCUT2D eigenvalue weighted by Gasteiger charge is -2.51. The van der Waals surface area contributed by atoms with Gasteiger partial charge in [-0.3, -0.25) is 9.59 Å². The third-order valence-corrected chi connectivity index (χ3v) is 8.02. The third kappa shape index (κ3) is 7.11. The molecule has 3 heterocycles. The Morgan fingerprint density at radius 2 is 2.10 bits per heavy atom. The zero-order valence-electron chi connectivity index (χ0n) is 22.9. The average Bonchev–Trinajstić information content (AvgIpc) is 3.32. The quantitative estimate of drug-likeness (QED) is 0.0529. The van der Waals surface area contributed by atoms with Crippen molar-refractivity contribution >= 4 is 44.4 Å². The number of carbonyl (C=O) groups excluding carboxylic acids is 2. The van der Waals surface area contributed by atoms with Crippen molar-refractivity contribution in [1.82, 2.24) is 15.4 Å². The minimum Gasteiger partial charge on any atom is -0.724 e. The first-order valence-corrected chi connectivity index (χ1v) is 14.9. The second-order valence-corrected chi connectivity index (χ2v) is 12.4. The number of hydrogen-bond acceptors (Lipinski definition) is 13. The number of amides is 2. The molecular formula is C24H33N7O8S2. The number of nitrogens with two attached hydrogens (primary N) is 2. The maximum atomic E-state index is 13.1. The van der Waals surface area contributed by atoms with E-state index in [-0.39, 0.29) is 29.8 Å². The zero-order chi connectivity index (χ0) is 30.0. The maximum absolute atomic E-state index is 13.1. The van der Waals surface area contributed by atoms with E-state index in [1.165, 1.54) is 30.4 Å². The first kappa shape index (κ1) is 30.6. The number of hydrogen-bond donors (Lipinski definition) is 3. The molecule has 1 saturated heterocycles. The summed E-state index contributed by atoms with van der Waals surface area (Å²) in [5.41, 5.74) is 12.5. The normalized spacial score (nSPS) is 22.1. The molecule has 5 N–H and O–H groups in total. The molecule has 1 aromatic heterocycles. The first-order chi connectivity index (χ1) is 19.2. The highest BCUT2D eigenvalue weighted by Crippen LogP contribution is 2.33. The van der Waals surface area contributed by atoms with Crippen molar-refractivity contribution < 1.29 is 40.9 Å². The molecule has 4 rings (SSSR count). The fourth-order valence-corrected chi connectivity index (χ4v) is 5.78. The van der Waals surface area contributed by atoms with Gasteiger partial charge in [0.1, 0.15) is 30.6 Å². The Kier molecular flexibility index (Phi) is 8.86. The second-order valence-electron chi connectivity index (χ2n) is 10.6. The molecule has 2 aliphatic rings. The van der Waals surface area contributed by atoms with Gasteiger partial charge in [-0.05, 0) is 37.6 Å². The summed E-state index contributed by atoms with van der Waals surface area (Å²) in [4.78, 5) is 34.8. The van der Waals surface area contributed by atoms with E-state index in [4.69, 9.17) is 21.0 Å². The largest absolute Gasteiger partial charge is 0.724 e. The summed E-state index contributed by atoms with van der Waals surface area (Å²) in [7, 11) is -2.98. The van der Waals surface area contributed by atoms with Crippen molar-refractivity contribution in [3.05, 3.63) is 40.4 Å². The summed E-state index contributed by atoms with van der Waals surface area (Å²) in [6.45, 7) is 6.46. The van der Waals surface area contributed by atoms with Gasteiger partial charge in [0.15, 0.2) is 17.5 Å². The van der Waals surface area contributed by atoms with E-state index >= 15 is 0 Å². The number of rotatable bonds is 12. The molecule has 41 heavy (non-hydrogen) atoms. The molecule has 2 amide bonds. The lowest BCUT2D eigenvalue weighted by molar-refractivity contribution is -0.923. The van der Waals surface area contributed by atoms with E-state index in [2.05, 4.69) is 32.9 Å². The predicted molar refractivity (Wildman–Crippen MR) is 147 cm³/mol. The highest BCUT2D eigenvalue weighted by molar-refractivity contribution is 7.80. The molecule has 15 nitrogen and oxygen atoms in total. The zero-order valence-corrected chi connectivity index (χ0v) is 24.5. The van der Waals surface area contributed by atoms with Gasteiger partial charge in [-0.2, -0.15) is 9.35 Å². The van der Waals surface area contributed by atoms with Crippen molar-refractivity contribution in [2.75, 3.05) is 45.6 Å². The van der Waals surface area contributed by atoms with Crippen molar-refractivity contribution in [2.45, 2.75) is 38.4 Å². The van der Waals surface area contributed by atoms with Crippen LogP contribution in [0.1, 0.15) is 30.7 Å². The molecule has 0 bridgehead atoms. The number of hydroxylamine groups is 2. The third-order valence-electron chi connectivity index (χ3n) is 7.02. The van der Waals surface area contributed by atoms with Crippen LogP contribution in [0.4, 0.5) is 5.13 Å². The number of nitrogens with zero attached hydrogens (tertiary/aromatic N) is 4. The van der Waals surface area contributed by atoms with Gasteiger partial charge in [-0.25, -0.2) is 13.4 Å². The van der Waals surface area contributed by atoms with Gasteiger partial charge in [-0.1, -0.05) is 5.16 Å². The lowest BCUT2D eigenvalue weighted by Crippen LogP contribution is -2.76.